The van der Waals surface area contributed by atoms with Crippen molar-refractivity contribution in [1.82, 2.24) is 14.5 Å². The fourth-order valence-corrected chi connectivity index (χ4v) is 3.19. The molecule has 1 aromatic carbocycles. The minimum absolute atomic E-state index is 0.192. The average Bonchev–Trinajstić information content (AvgIpc) is 3.05. The Hall–Kier alpha value is -1.65. The molecule has 0 spiro atoms. The lowest BCUT2D eigenvalue weighted by molar-refractivity contribution is 0.105. The number of likely N-dealkylation sites (tertiary alicyclic amines) is 1. The van der Waals surface area contributed by atoms with Crippen molar-refractivity contribution in [2.24, 2.45) is 13.0 Å². The van der Waals surface area contributed by atoms with Gasteiger partial charge in [0.15, 0.2) is 0 Å². The van der Waals surface area contributed by atoms with E-state index in [0.717, 1.165) is 24.3 Å². The summed E-state index contributed by atoms with van der Waals surface area (Å²) in [5.74, 6) is 0.480. The van der Waals surface area contributed by atoms with Crippen molar-refractivity contribution >= 4 is 0 Å². The van der Waals surface area contributed by atoms with E-state index in [1.807, 2.05) is 48.3 Å². The van der Waals surface area contributed by atoms with E-state index in [4.69, 9.17) is 0 Å². The number of hydrogen-bond donors (Lipinski definition) is 1. The molecular formula is C16H21N3O. The first-order valence-electron chi connectivity index (χ1n) is 7.04. The summed E-state index contributed by atoms with van der Waals surface area (Å²) in [5, 5.41) is 10.7. The van der Waals surface area contributed by atoms with Crippen LogP contribution in [0.4, 0.5) is 0 Å². The highest BCUT2D eigenvalue weighted by atomic mass is 16.3. The summed E-state index contributed by atoms with van der Waals surface area (Å²) < 4.78 is 1.97. The van der Waals surface area contributed by atoms with Gasteiger partial charge in [-0.15, -0.1) is 0 Å². The van der Waals surface area contributed by atoms with Gasteiger partial charge in [-0.2, -0.15) is 0 Å². The number of imidazole rings is 1. The largest absolute Gasteiger partial charge is 0.388 e. The molecule has 0 saturated carbocycles. The summed E-state index contributed by atoms with van der Waals surface area (Å²) in [4.78, 5) is 6.76. The lowest BCUT2D eigenvalue weighted by Gasteiger charge is -2.23. The van der Waals surface area contributed by atoms with Crippen LogP contribution in [0.1, 0.15) is 23.3 Å². The number of aliphatic hydroxyl groups is 1. The van der Waals surface area contributed by atoms with E-state index in [0.29, 0.717) is 0 Å². The van der Waals surface area contributed by atoms with Crippen molar-refractivity contribution in [3.05, 3.63) is 54.1 Å². The van der Waals surface area contributed by atoms with Crippen molar-refractivity contribution in [1.29, 1.82) is 0 Å². The van der Waals surface area contributed by atoms with E-state index >= 15 is 0 Å². The molecule has 0 bridgehead atoms. The van der Waals surface area contributed by atoms with Gasteiger partial charge in [-0.1, -0.05) is 30.3 Å². The predicted molar refractivity (Wildman–Crippen MR) is 78.3 cm³/mol. The molecule has 2 aromatic rings. The van der Waals surface area contributed by atoms with Crippen LogP contribution in [-0.4, -0.2) is 39.7 Å². The molecule has 4 heteroatoms. The molecule has 3 rings (SSSR count). The zero-order valence-corrected chi connectivity index (χ0v) is 12.0. The molecule has 4 nitrogen and oxygen atoms in total. The Morgan fingerprint density at radius 3 is 2.60 bits per heavy atom. The number of aliphatic hydroxyl groups excluding tert-OH is 1. The van der Waals surface area contributed by atoms with Crippen LogP contribution in [0.3, 0.4) is 0 Å². The van der Waals surface area contributed by atoms with E-state index in [2.05, 4.69) is 23.1 Å². The fourth-order valence-electron chi connectivity index (χ4n) is 3.19. The van der Waals surface area contributed by atoms with E-state index in [1.54, 1.807) is 0 Å². The summed E-state index contributed by atoms with van der Waals surface area (Å²) >= 11 is 0. The number of nitrogens with zero attached hydrogens (tertiary/aromatic N) is 3. The smallest absolute Gasteiger partial charge is 0.0946 e. The molecular weight excluding hydrogens is 250 g/mol. The highest BCUT2D eigenvalue weighted by molar-refractivity contribution is 5.21. The molecule has 106 valence electrons. The second kappa shape index (κ2) is 5.38. The van der Waals surface area contributed by atoms with E-state index in [-0.39, 0.29) is 11.8 Å². The molecule has 1 N–H and O–H groups in total. The molecule has 0 radical (unpaired) electrons. The first kappa shape index (κ1) is 13.3. The summed E-state index contributed by atoms with van der Waals surface area (Å²) in [6, 6.07) is 9.93. The number of likely N-dealkylation sites (N-methyl/N-ethyl adjacent to an activating group) is 1. The van der Waals surface area contributed by atoms with Crippen molar-refractivity contribution in [3.8, 4) is 0 Å². The van der Waals surface area contributed by atoms with Crippen molar-refractivity contribution in [2.75, 3.05) is 20.1 Å². The number of benzene rings is 1. The van der Waals surface area contributed by atoms with Gasteiger partial charge in [0.25, 0.3) is 0 Å². The Balaban J connectivity index is 1.87. The highest BCUT2D eigenvalue weighted by Gasteiger charge is 2.38. The van der Waals surface area contributed by atoms with Gasteiger partial charge in [0.2, 0.25) is 0 Å². The van der Waals surface area contributed by atoms with Crippen LogP contribution in [0.25, 0.3) is 0 Å². The number of aromatic nitrogens is 2. The summed E-state index contributed by atoms with van der Waals surface area (Å²) in [6.07, 6.45) is 3.46. The molecule has 3 atom stereocenters. The van der Waals surface area contributed by atoms with Crippen LogP contribution in [0.15, 0.2) is 42.9 Å². The second-order valence-electron chi connectivity index (χ2n) is 5.81. The van der Waals surface area contributed by atoms with Gasteiger partial charge in [0.05, 0.1) is 18.1 Å². The van der Waals surface area contributed by atoms with Crippen LogP contribution in [0.5, 0.6) is 0 Å². The Morgan fingerprint density at radius 2 is 1.95 bits per heavy atom. The molecule has 0 amide bonds. The molecule has 1 saturated heterocycles. The van der Waals surface area contributed by atoms with Crippen LogP contribution < -0.4 is 0 Å². The number of rotatable bonds is 3. The topological polar surface area (TPSA) is 41.3 Å². The Morgan fingerprint density at radius 1 is 1.20 bits per heavy atom. The van der Waals surface area contributed by atoms with Gasteiger partial charge >= 0.3 is 0 Å². The maximum Gasteiger partial charge on any atom is 0.0946 e. The fraction of sp³-hybridized carbons (Fsp3) is 0.438. The lowest BCUT2D eigenvalue weighted by atomic mass is 9.85. The third-order valence-corrected chi connectivity index (χ3v) is 4.20. The second-order valence-corrected chi connectivity index (χ2v) is 5.81. The number of hydrogen-bond acceptors (Lipinski definition) is 3. The molecule has 1 fully saturated rings. The quantitative estimate of drug-likeness (QED) is 0.925. The SMILES string of the molecule is CN1CC(c2cn(C)cn2)C(C(O)c2ccccc2)C1. The summed E-state index contributed by atoms with van der Waals surface area (Å²) in [7, 11) is 4.09. The normalized spacial score (nSPS) is 24.9. The van der Waals surface area contributed by atoms with Gasteiger partial charge in [0.1, 0.15) is 0 Å². The maximum atomic E-state index is 10.7. The van der Waals surface area contributed by atoms with Crippen molar-refractivity contribution in [3.63, 3.8) is 0 Å². The van der Waals surface area contributed by atoms with Crippen LogP contribution in [0, 0.1) is 5.92 Å². The molecule has 1 aliphatic heterocycles. The van der Waals surface area contributed by atoms with Crippen LogP contribution in [0.2, 0.25) is 0 Å². The Bertz CT molecular complexity index is 566. The summed E-state index contributed by atoms with van der Waals surface area (Å²) in [5.41, 5.74) is 2.07. The third-order valence-electron chi connectivity index (χ3n) is 4.20. The van der Waals surface area contributed by atoms with Gasteiger partial charge in [-0.3, -0.25) is 0 Å². The van der Waals surface area contributed by atoms with E-state index in [9.17, 15) is 5.11 Å². The van der Waals surface area contributed by atoms with Gasteiger partial charge in [0, 0.05) is 38.2 Å². The highest BCUT2D eigenvalue weighted by Crippen LogP contribution is 2.39. The Labute approximate surface area is 119 Å². The molecule has 0 aliphatic carbocycles. The monoisotopic (exact) mass is 271 g/mol. The van der Waals surface area contributed by atoms with Crippen molar-refractivity contribution in [2.45, 2.75) is 12.0 Å². The van der Waals surface area contributed by atoms with Crippen LogP contribution in [-0.2, 0) is 7.05 Å². The first-order chi connectivity index (χ1) is 9.65. The molecule has 1 aromatic heterocycles. The molecule has 1 aliphatic rings. The minimum atomic E-state index is -0.437. The standard InChI is InChI=1S/C16H21N3O/c1-18-8-13(15-10-19(2)11-17-15)14(9-18)16(20)12-6-4-3-5-7-12/h3-7,10-11,13-14,16,20H,8-9H2,1-2H3. The average molecular weight is 271 g/mol. The first-order valence-corrected chi connectivity index (χ1v) is 7.04. The zero-order valence-electron chi connectivity index (χ0n) is 12.0. The predicted octanol–water partition coefficient (Wildman–Crippen LogP) is 1.80. The Kier molecular flexibility index (Phi) is 3.59. The zero-order chi connectivity index (χ0) is 14.1. The third kappa shape index (κ3) is 2.49. The molecule has 3 unspecified atom stereocenters. The van der Waals surface area contributed by atoms with E-state index in [1.165, 1.54) is 0 Å². The van der Waals surface area contributed by atoms with Crippen LogP contribution >= 0.6 is 0 Å². The van der Waals surface area contributed by atoms with Gasteiger partial charge in [-0.05, 0) is 12.6 Å². The number of aryl methyl sites for hydroxylation is 1. The lowest BCUT2D eigenvalue weighted by Crippen LogP contribution is -2.20. The maximum absolute atomic E-state index is 10.7. The van der Waals surface area contributed by atoms with E-state index < -0.39 is 6.10 Å². The van der Waals surface area contributed by atoms with Crippen molar-refractivity contribution < 1.29 is 5.11 Å². The molecule has 2 heterocycles. The summed E-state index contributed by atoms with van der Waals surface area (Å²) in [6.45, 7) is 1.85. The molecule has 20 heavy (non-hydrogen) atoms. The van der Waals surface area contributed by atoms with Gasteiger partial charge < -0.3 is 14.6 Å². The minimum Gasteiger partial charge on any atom is -0.388 e. The van der Waals surface area contributed by atoms with Gasteiger partial charge in [-0.25, -0.2) is 4.98 Å².